The summed E-state index contributed by atoms with van der Waals surface area (Å²) in [6, 6.07) is 17.3. The molecule has 0 radical (unpaired) electrons. The molecule has 0 aliphatic carbocycles. The van der Waals surface area contributed by atoms with Crippen LogP contribution in [0.4, 0.5) is 8.78 Å². The summed E-state index contributed by atoms with van der Waals surface area (Å²) in [7, 11) is 0. The van der Waals surface area contributed by atoms with Crippen molar-refractivity contribution in [3.8, 4) is 0 Å². The van der Waals surface area contributed by atoms with Crippen LogP contribution in [0.25, 0.3) is 16.5 Å². The molecular weight excluding hydrogens is 1090 g/mol. The molecule has 0 saturated carbocycles. The molecule has 88 heavy (non-hydrogen) atoms. The van der Waals surface area contributed by atoms with Gasteiger partial charge in [0.25, 0.3) is 5.92 Å². The van der Waals surface area contributed by atoms with Gasteiger partial charge in [0.1, 0.15) is 0 Å². The number of aromatic nitrogens is 1. The molecule has 3 fully saturated rings. The fraction of sp³-hybridized carbons (Fsp3) is 0.627. The number of fused-ring (bicyclic) bond motifs is 1. The van der Waals surface area contributed by atoms with Crippen molar-refractivity contribution in [3.63, 3.8) is 0 Å². The lowest BCUT2D eigenvalue weighted by Gasteiger charge is -2.35. The zero-order valence-corrected chi connectivity index (χ0v) is 55.8. The van der Waals surface area contributed by atoms with Gasteiger partial charge >= 0.3 is 0 Å². The molecule has 13 heteroatoms. The molecule has 0 amide bonds. The van der Waals surface area contributed by atoms with Gasteiger partial charge in [-0.25, -0.2) is 8.78 Å². The Balaban J connectivity index is 0.872. The summed E-state index contributed by atoms with van der Waals surface area (Å²) in [6.45, 7) is 56.5. The zero-order chi connectivity index (χ0) is 63.1. The van der Waals surface area contributed by atoms with Crippen molar-refractivity contribution in [2.75, 3.05) is 118 Å². The molecule has 11 nitrogen and oxygen atoms in total. The second-order valence-electron chi connectivity index (χ2n) is 26.1. The van der Waals surface area contributed by atoms with E-state index in [4.69, 9.17) is 0 Å². The largest absolute Gasteiger partial charge is 0.389 e. The summed E-state index contributed by atoms with van der Waals surface area (Å²) in [6.07, 6.45) is 23.5. The van der Waals surface area contributed by atoms with E-state index in [0.29, 0.717) is 18.5 Å². The van der Waals surface area contributed by atoms with Crippen LogP contribution >= 0.6 is 0 Å². The lowest BCUT2D eigenvalue weighted by Crippen LogP contribution is -2.47. The number of aryl methyl sites for hydroxylation is 3. The van der Waals surface area contributed by atoms with Crippen molar-refractivity contribution in [1.29, 1.82) is 0 Å². The minimum Gasteiger partial charge on any atom is -0.389 e. The number of likely N-dealkylation sites (N-methyl/N-ethyl adjacent to an activating group) is 3. The molecule has 3 saturated heterocycles. The van der Waals surface area contributed by atoms with E-state index in [-0.39, 0.29) is 31.6 Å². The fourth-order valence-electron chi connectivity index (χ4n) is 13.3. The van der Waals surface area contributed by atoms with Gasteiger partial charge in [-0.1, -0.05) is 135 Å². The Labute approximate surface area is 534 Å². The summed E-state index contributed by atoms with van der Waals surface area (Å²) in [4.78, 5) is 23.4. The number of pyridine rings is 1. The number of unbranched alkanes of at least 4 members (excludes halogenated alkanes) is 6. The lowest BCUT2D eigenvalue weighted by atomic mass is 9.90. The second kappa shape index (κ2) is 39.0. The normalized spacial score (nSPS) is 18.1. The third-order valence-corrected chi connectivity index (χ3v) is 19.3. The van der Waals surface area contributed by atoms with Crippen molar-refractivity contribution >= 4 is 23.2 Å². The SMILES string of the molecule is C=NCC1CC(F)(F)CN1C(=C)CCC(=C)c1ccnc2ccc(CCCCCC3CCN(C(=C)CCCCCNC(=C)C(CCCCCNC(=C)CCCc4ccc(C)cc4)NC(=C)CN4CCN(CC)CCN(CC)CCN(CC)CC4)CC3)cc12. The molecular formula is C75H119F2N11. The third kappa shape index (κ3) is 25.5. The maximum absolute atomic E-state index is 14.3. The minimum absolute atomic E-state index is 0.131. The average molecular weight is 1210 g/mol. The Hall–Kier alpha value is -5.34. The minimum atomic E-state index is -2.73. The Kier molecular flexibility index (Phi) is 31.8. The number of halogens is 2. The maximum atomic E-state index is 14.3. The molecule has 0 bridgehead atoms. The molecule has 3 aliphatic heterocycles. The highest BCUT2D eigenvalue weighted by molar-refractivity contribution is 5.91. The molecule has 2 unspecified atom stereocenters. The molecule has 4 heterocycles. The van der Waals surface area contributed by atoms with E-state index < -0.39 is 5.92 Å². The van der Waals surface area contributed by atoms with Gasteiger partial charge in [0.15, 0.2) is 0 Å². The van der Waals surface area contributed by atoms with Gasteiger partial charge in [0, 0.05) is 132 Å². The summed E-state index contributed by atoms with van der Waals surface area (Å²) >= 11 is 0. The highest BCUT2D eigenvalue weighted by atomic mass is 19.3. The van der Waals surface area contributed by atoms with Crippen molar-refractivity contribution in [1.82, 2.24) is 50.3 Å². The number of rotatable bonds is 40. The van der Waals surface area contributed by atoms with Crippen molar-refractivity contribution in [3.05, 3.63) is 145 Å². The predicted molar refractivity (Wildman–Crippen MR) is 373 cm³/mol. The Morgan fingerprint density at radius 2 is 1.25 bits per heavy atom. The maximum Gasteiger partial charge on any atom is 0.267 e. The molecule has 488 valence electrons. The highest BCUT2D eigenvalue weighted by Gasteiger charge is 2.45. The average Bonchev–Trinajstić information content (AvgIpc) is 4.08. The number of nitrogens with zero attached hydrogens (tertiary/aromatic N) is 8. The van der Waals surface area contributed by atoms with Gasteiger partial charge in [-0.15, -0.1) is 0 Å². The second-order valence-corrected chi connectivity index (χ2v) is 26.1. The predicted octanol–water partition coefficient (Wildman–Crippen LogP) is 14.7. The Bertz CT molecular complexity index is 2590. The van der Waals surface area contributed by atoms with E-state index in [1.807, 2.05) is 12.3 Å². The number of benzene rings is 2. The van der Waals surface area contributed by atoms with Crippen LogP contribution in [0.3, 0.4) is 0 Å². The molecule has 2 atom stereocenters. The van der Waals surface area contributed by atoms with Crippen molar-refractivity contribution < 1.29 is 8.78 Å². The van der Waals surface area contributed by atoms with Gasteiger partial charge in [0.05, 0.1) is 30.7 Å². The first-order chi connectivity index (χ1) is 42.6. The van der Waals surface area contributed by atoms with Crippen LogP contribution in [0.5, 0.6) is 0 Å². The summed E-state index contributed by atoms with van der Waals surface area (Å²) in [5, 5.41) is 12.4. The van der Waals surface area contributed by atoms with Crippen LogP contribution < -0.4 is 16.0 Å². The van der Waals surface area contributed by atoms with Gasteiger partial charge in [0.2, 0.25) is 0 Å². The Morgan fingerprint density at radius 3 is 1.91 bits per heavy atom. The number of allylic oxidation sites excluding steroid dienone is 4. The van der Waals surface area contributed by atoms with Crippen LogP contribution in [0, 0.1) is 12.8 Å². The van der Waals surface area contributed by atoms with Gasteiger partial charge < -0.3 is 40.4 Å². The van der Waals surface area contributed by atoms with E-state index in [0.717, 1.165) is 227 Å². The summed E-state index contributed by atoms with van der Waals surface area (Å²) in [5.74, 6) is -1.94. The first kappa shape index (κ1) is 71.7. The zero-order valence-electron chi connectivity index (χ0n) is 55.8. The number of hydrogen-bond acceptors (Lipinski definition) is 11. The summed E-state index contributed by atoms with van der Waals surface area (Å²) in [5.41, 5.74) is 12.4. The van der Waals surface area contributed by atoms with Crippen LogP contribution in [-0.2, 0) is 12.8 Å². The van der Waals surface area contributed by atoms with Crippen LogP contribution in [0.1, 0.15) is 165 Å². The van der Waals surface area contributed by atoms with Gasteiger partial charge in [-0.3, -0.25) is 14.9 Å². The number of aliphatic imine (C=N–C) groups is 1. The van der Waals surface area contributed by atoms with E-state index >= 15 is 0 Å². The quantitative estimate of drug-likeness (QED) is 0.0378. The topological polar surface area (TPSA) is 80.8 Å². The molecule has 6 rings (SSSR count). The van der Waals surface area contributed by atoms with Crippen LogP contribution in [-0.4, -0.2) is 177 Å². The number of alkyl halides is 2. The number of likely N-dealkylation sites (tertiary alicyclic amines) is 2. The molecule has 2 aromatic carbocycles. The fourth-order valence-corrected chi connectivity index (χ4v) is 13.3. The first-order valence-electron chi connectivity index (χ1n) is 34.5. The number of nitrogens with one attached hydrogen (secondary N) is 3. The van der Waals surface area contributed by atoms with Crippen molar-refractivity contribution in [2.24, 2.45) is 10.9 Å². The van der Waals surface area contributed by atoms with E-state index in [1.54, 1.807) is 4.90 Å². The smallest absolute Gasteiger partial charge is 0.267 e. The Morgan fingerprint density at radius 1 is 0.636 bits per heavy atom. The molecule has 3 aromatic rings. The van der Waals surface area contributed by atoms with Crippen LogP contribution in [0.15, 0.2) is 128 Å². The molecule has 0 spiro atoms. The van der Waals surface area contributed by atoms with E-state index in [1.165, 1.54) is 60.9 Å². The molecule has 3 N–H and O–H groups in total. The first-order valence-corrected chi connectivity index (χ1v) is 34.5. The summed E-state index contributed by atoms with van der Waals surface area (Å²) < 4.78 is 28.7. The molecule has 1 aromatic heterocycles. The number of hydrogen-bond donors (Lipinski definition) is 3. The standard InChI is InChI=1S/C75H119F2N11/c1-12-83-47-49-84(13-2)51-53-86(54-52-85(14-3)50-48-83)58-63(7)82-73(30-21-17-22-42-79-62(6)25-24-29-67-35-31-60(4)32-36-67)66(10)80-43-23-16-18-26-64(8)87-45-40-68(41-46-87)27-19-15-20-28-69-37-38-74-72(55-69)71(39-44-81-74)61(5)33-34-65(9)88-59-75(76,77)56-70(88)57-78-11/h31-32,35-39,44,55,68,70,73,79-80,82H,5-30,33-34,40-43,45-54,56-59H2,1-4H3. The monoisotopic (exact) mass is 1210 g/mol. The lowest BCUT2D eigenvalue weighted by molar-refractivity contribution is 0.0144. The number of piperidine rings is 1. The van der Waals surface area contributed by atoms with Gasteiger partial charge in [-0.2, -0.15) is 0 Å². The highest BCUT2D eigenvalue weighted by Crippen LogP contribution is 2.37. The molecule has 3 aliphatic rings. The van der Waals surface area contributed by atoms with E-state index in [9.17, 15) is 8.78 Å². The van der Waals surface area contributed by atoms with Crippen LogP contribution in [0.2, 0.25) is 0 Å². The third-order valence-electron chi connectivity index (χ3n) is 19.3. The van der Waals surface area contributed by atoms with Crippen molar-refractivity contribution in [2.45, 2.75) is 181 Å². The van der Waals surface area contributed by atoms with Gasteiger partial charge in [-0.05, 0) is 170 Å². The van der Waals surface area contributed by atoms with E-state index in [2.05, 4.69) is 167 Å².